The second-order valence-electron chi connectivity index (χ2n) is 5.73. The first kappa shape index (κ1) is 12.3. The topological polar surface area (TPSA) is 58.8 Å². The minimum Gasteiger partial charge on any atom is -0.410 e. The van der Waals surface area contributed by atoms with E-state index in [9.17, 15) is 4.79 Å². The van der Waals surface area contributed by atoms with Crippen molar-refractivity contribution < 1.29 is 9.53 Å². The van der Waals surface area contributed by atoms with Gasteiger partial charge in [-0.3, -0.25) is 4.90 Å². The van der Waals surface area contributed by atoms with Gasteiger partial charge in [-0.1, -0.05) is 6.92 Å². The fourth-order valence-electron chi connectivity index (χ4n) is 3.73. The first-order chi connectivity index (χ1) is 8.93. The van der Waals surface area contributed by atoms with Gasteiger partial charge in [0.25, 0.3) is 0 Å². The first-order valence-electron chi connectivity index (χ1n) is 6.48. The van der Waals surface area contributed by atoms with E-state index in [1.807, 2.05) is 12.1 Å². The van der Waals surface area contributed by atoms with Crippen molar-refractivity contribution in [1.82, 2.24) is 4.90 Å². The van der Waals surface area contributed by atoms with E-state index in [4.69, 9.17) is 10.5 Å². The van der Waals surface area contributed by atoms with Crippen LogP contribution in [0.15, 0.2) is 18.2 Å². The molecule has 1 aromatic rings. The van der Waals surface area contributed by atoms with E-state index in [2.05, 4.69) is 30.8 Å². The number of primary amides is 1. The van der Waals surface area contributed by atoms with Crippen LogP contribution in [0, 0.1) is 0 Å². The highest BCUT2D eigenvalue weighted by atomic mass is 16.5. The van der Waals surface area contributed by atoms with Crippen LogP contribution in [-0.4, -0.2) is 37.8 Å². The number of fused-ring (bicyclic) bond motifs is 3. The van der Waals surface area contributed by atoms with E-state index in [0.29, 0.717) is 11.9 Å². The Morgan fingerprint density at radius 3 is 2.89 bits per heavy atom. The Morgan fingerprint density at radius 2 is 2.21 bits per heavy atom. The summed E-state index contributed by atoms with van der Waals surface area (Å²) in [6, 6.07) is 5.76. The number of amides is 1. The second kappa shape index (κ2) is 3.87. The SMILES string of the molecule is CN1CC[C@@]2(C)c3cc(OC(N)=O)ccc3N(C)C12. The lowest BCUT2D eigenvalue weighted by Crippen LogP contribution is -2.45. The predicted octanol–water partition coefficient (Wildman–Crippen LogP) is 1.51. The number of nitrogens with zero attached hydrogens (tertiary/aromatic N) is 2. The molecule has 1 unspecified atom stereocenters. The van der Waals surface area contributed by atoms with Crippen molar-refractivity contribution in [2.45, 2.75) is 24.9 Å². The Balaban J connectivity index is 2.06. The van der Waals surface area contributed by atoms with Gasteiger partial charge in [0, 0.05) is 24.7 Å². The fourth-order valence-corrected chi connectivity index (χ4v) is 3.73. The lowest BCUT2D eigenvalue weighted by atomic mass is 9.81. The predicted molar refractivity (Wildman–Crippen MR) is 73.4 cm³/mol. The molecule has 2 N–H and O–H groups in total. The molecule has 0 spiro atoms. The Morgan fingerprint density at radius 1 is 1.47 bits per heavy atom. The summed E-state index contributed by atoms with van der Waals surface area (Å²) in [5.74, 6) is 0.524. The van der Waals surface area contributed by atoms with Crippen molar-refractivity contribution in [3.05, 3.63) is 23.8 Å². The van der Waals surface area contributed by atoms with Gasteiger partial charge in [-0.05, 0) is 37.2 Å². The second-order valence-corrected chi connectivity index (χ2v) is 5.73. The quantitative estimate of drug-likeness (QED) is 0.832. The largest absolute Gasteiger partial charge is 0.410 e. The third-order valence-electron chi connectivity index (χ3n) is 4.52. The van der Waals surface area contributed by atoms with Crippen molar-refractivity contribution in [3.8, 4) is 5.75 Å². The molecule has 1 saturated heterocycles. The number of anilines is 1. The summed E-state index contributed by atoms with van der Waals surface area (Å²) in [6.45, 7) is 3.35. The Hall–Kier alpha value is -1.75. The van der Waals surface area contributed by atoms with Crippen LogP contribution in [-0.2, 0) is 5.41 Å². The minimum atomic E-state index is -0.767. The van der Waals surface area contributed by atoms with Gasteiger partial charge in [-0.15, -0.1) is 0 Å². The summed E-state index contributed by atoms with van der Waals surface area (Å²) in [4.78, 5) is 15.5. The van der Waals surface area contributed by atoms with Gasteiger partial charge in [0.1, 0.15) is 5.75 Å². The van der Waals surface area contributed by atoms with E-state index in [-0.39, 0.29) is 5.41 Å². The molecule has 19 heavy (non-hydrogen) atoms. The van der Waals surface area contributed by atoms with Gasteiger partial charge in [0.05, 0.1) is 6.17 Å². The van der Waals surface area contributed by atoms with E-state index in [1.54, 1.807) is 6.07 Å². The van der Waals surface area contributed by atoms with Gasteiger partial charge < -0.3 is 15.4 Å². The number of ether oxygens (including phenoxy) is 1. The van der Waals surface area contributed by atoms with Gasteiger partial charge in [-0.25, -0.2) is 4.79 Å². The Labute approximate surface area is 112 Å². The molecule has 2 aliphatic heterocycles. The number of rotatable bonds is 1. The summed E-state index contributed by atoms with van der Waals surface area (Å²) >= 11 is 0. The van der Waals surface area contributed by atoms with Crippen molar-refractivity contribution >= 4 is 11.8 Å². The Kier molecular flexibility index (Phi) is 2.50. The van der Waals surface area contributed by atoms with E-state index in [0.717, 1.165) is 13.0 Å². The number of benzene rings is 1. The zero-order valence-corrected chi connectivity index (χ0v) is 11.5. The number of carbonyl (C=O) groups is 1. The number of hydrogen-bond acceptors (Lipinski definition) is 4. The highest BCUT2D eigenvalue weighted by molar-refractivity contribution is 5.71. The highest BCUT2D eigenvalue weighted by Gasteiger charge is 2.52. The number of nitrogens with two attached hydrogens (primary N) is 1. The molecule has 0 aromatic heterocycles. The molecule has 1 amide bonds. The first-order valence-corrected chi connectivity index (χ1v) is 6.48. The Bertz CT molecular complexity index is 545. The van der Waals surface area contributed by atoms with Crippen LogP contribution in [0.2, 0.25) is 0 Å². The molecule has 0 saturated carbocycles. The monoisotopic (exact) mass is 261 g/mol. The van der Waals surface area contributed by atoms with Crippen LogP contribution in [0.1, 0.15) is 18.9 Å². The number of likely N-dealkylation sites (tertiary alicyclic amines) is 1. The number of carbonyl (C=O) groups excluding carboxylic acids is 1. The summed E-state index contributed by atoms with van der Waals surface area (Å²) < 4.78 is 5.00. The third-order valence-corrected chi connectivity index (χ3v) is 4.52. The van der Waals surface area contributed by atoms with Crippen LogP contribution < -0.4 is 15.4 Å². The van der Waals surface area contributed by atoms with Gasteiger partial charge >= 0.3 is 6.09 Å². The molecular weight excluding hydrogens is 242 g/mol. The number of likely N-dealkylation sites (N-methyl/N-ethyl adjacent to an activating group) is 2. The molecule has 2 atom stereocenters. The smallest absolute Gasteiger partial charge is 0.409 e. The molecule has 5 heteroatoms. The van der Waals surface area contributed by atoms with Gasteiger partial charge in [-0.2, -0.15) is 0 Å². The summed E-state index contributed by atoms with van der Waals surface area (Å²) in [7, 11) is 4.27. The van der Waals surface area contributed by atoms with Crippen LogP contribution in [0.5, 0.6) is 5.75 Å². The number of hydrogen-bond donors (Lipinski definition) is 1. The average molecular weight is 261 g/mol. The van der Waals surface area contributed by atoms with Crippen molar-refractivity contribution in [2.24, 2.45) is 5.73 Å². The van der Waals surface area contributed by atoms with Crippen molar-refractivity contribution in [1.29, 1.82) is 0 Å². The van der Waals surface area contributed by atoms with Crippen LogP contribution in [0.25, 0.3) is 0 Å². The standard InChI is InChI=1S/C14H19N3O2/c1-14-6-7-16(2)12(14)17(3)11-5-4-9(8-10(11)14)19-13(15)18/h4-5,8,12H,6-7H2,1-3H3,(H2,15,18)/t12?,14-/m0/s1. The van der Waals surface area contributed by atoms with Gasteiger partial charge in [0.2, 0.25) is 0 Å². The summed E-state index contributed by atoms with van der Waals surface area (Å²) in [5, 5.41) is 0. The molecule has 1 aromatic carbocycles. The van der Waals surface area contributed by atoms with E-state index >= 15 is 0 Å². The van der Waals surface area contributed by atoms with Crippen LogP contribution in [0.3, 0.4) is 0 Å². The maximum Gasteiger partial charge on any atom is 0.409 e. The molecule has 2 aliphatic rings. The molecule has 2 heterocycles. The van der Waals surface area contributed by atoms with Gasteiger partial charge in [0.15, 0.2) is 0 Å². The molecule has 0 aliphatic carbocycles. The van der Waals surface area contributed by atoms with Crippen LogP contribution in [0.4, 0.5) is 10.5 Å². The lowest BCUT2D eigenvalue weighted by Gasteiger charge is -2.32. The van der Waals surface area contributed by atoms with Crippen LogP contribution >= 0.6 is 0 Å². The fraction of sp³-hybridized carbons (Fsp3) is 0.500. The minimum absolute atomic E-state index is 0.0792. The molecule has 3 rings (SSSR count). The maximum atomic E-state index is 10.9. The van der Waals surface area contributed by atoms with E-state index < -0.39 is 6.09 Å². The van der Waals surface area contributed by atoms with E-state index in [1.165, 1.54) is 11.3 Å². The third kappa shape index (κ3) is 1.61. The van der Waals surface area contributed by atoms with Crippen molar-refractivity contribution in [3.63, 3.8) is 0 Å². The zero-order chi connectivity index (χ0) is 13.8. The molecule has 1 fully saturated rings. The molecular formula is C14H19N3O2. The summed E-state index contributed by atoms with van der Waals surface area (Å²) in [5.41, 5.74) is 7.60. The molecule has 102 valence electrons. The molecule has 5 nitrogen and oxygen atoms in total. The molecule has 0 bridgehead atoms. The lowest BCUT2D eigenvalue weighted by molar-refractivity contribution is 0.210. The highest BCUT2D eigenvalue weighted by Crippen LogP contribution is 2.51. The molecule has 0 radical (unpaired) electrons. The van der Waals surface area contributed by atoms with Crippen molar-refractivity contribution in [2.75, 3.05) is 25.5 Å². The normalized spacial score (nSPS) is 29.2. The average Bonchev–Trinajstić information content (AvgIpc) is 2.75. The maximum absolute atomic E-state index is 10.9. The zero-order valence-electron chi connectivity index (χ0n) is 11.5. The summed E-state index contributed by atoms with van der Waals surface area (Å²) in [6.07, 6.45) is 0.703.